The number of ether oxygens (including phenoxy) is 1. The SMILES string of the molecule is C[C@@H]1c2ncnc(Cl)c2CCN1C(=O)OC(C)(C)C. The van der Waals surface area contributed by atoms with E-state index in [1.807, 2.05) is 27.7 Å². The molecule has 5 nitrogen and oxygen atoms in total. The van der Waals surface area contributed by atoms with Gasteiger partial charge < -0.3 is 4.74 Å². The molecule has 1 aromatic heterocycles. The molecule has 0 aliphatic carbocycles. The number of amides is 1. The smallest absolute Gasteiger partial charge is 0.410 e. The maximum atomic E-state index is 12.1. The summed E-state index contributed by atoms with van der Waals surface area (Å²) in [7, 11) is 0. The molecule has 0 unspecified atom stereocenters. The predicted molar refractivity (Wildman–Crippen MR) is 72.1 cm³/mol. The summed E-state index contributed by atoms with van der Waals surface area (Å²) in [5, 5.41) is 0.473. The van der Waals surface area contributed by atoms with Gasteiger partial charge in [-0.3, -0.25) is 4.90 Å². The first-order valence-electron chi connectivity index (χ1n) is 6.28. The Morgan fingerprint density at radius 3 is 2.79 bits per heavy atom. The Kier molecular flexibility index (Phi) is 3.67. The minimum atomic E-state index is -0.500. The van der Waals surface area contributed by atoms with Crippen LogP contribution in [0, 0.1) is 0 Å². The Bertz CT molecular complexity index is 499. The zero-order valence-corrected chi connectivity index (χ0v) is 12.4. The van der Waals surface area contributed by atoms with E-state index in [2.05, 4.69) is 9.97 Å². The van der Waals surface area contributed by atoms with Crippen LogP contribution in [0.15, 0.2) is 6.33 Å². The molecule has 2 heterocycles. The van der Waals surface area contributed by atoms with E-state index in [1.54, 1.807) is 4.90 Å². The lowest BCUT2D eigenvalue weighted by molar-refractivity contribution is 0.0154. The van der Waals surface area contributed by atoms with E-state index in [-0.39, 0.29) is 12.1 Å². The standard InChI is InChI=1S/C13H18ClN3O2/c1-8-10-9(11(14)16-7-15-10)5-6-17(8)12(18)19-13(2,3)4/h7-8H,5-6H2,1-4H3/t8-/m1/s1. The molecule has 1 aliphatic heterocycles. The van der Waals surface area contributed by atoms with Crippen molar-refractivity contribution in [3.8, 4) is 0 Å². The molecule has 1 aromatic rings. The minimum Gasteiger partial charge on any atom is -0.444 e. The van der Waals surface area contributed by atoms with Crippen molar-refractivity contribution < 1.29 is 9.53 Å². The predicted octanol–water partition coefficient (Wildman–Crippen LogP) is 2.98. The van der Waals surface area contributed by atoms with Gasteiger partial charge in [0.2, 0.25) is 0 Å². The van der Waals surface area contributed by atoms with Gasteiger partial charge in [0.25, 0.3) is 0 Å². The molecule has 0 saturated heterocycles. The van der Waals surface area contributed by atoms with E-state index in [1.165, 1.54) is 6.33 Å². The number of hydrogen-bond acceptors (Lipinski definition) is 4. The van der Waals surface area contributed by atoms with E-state index >= 15 is 0 Å². The largest absolute Gasteiger partial charge is 0.444 e. The Hall–Kier alpha value is -1.36. The fraction of sp³-hybridized carbons (Fsp3) is 0.615. The van der Waals surface area contributed by atoms with Gasteiger partial charge in [0.15, 0.2) is 0 Å². The van der Waals surface area contributed by atoms with Gasteiger partial charge in [-0.2, -0.15) is 0 Å². The maximum absolute atomic E-state index is 12.1. The van der Waals surface area contributed by atoms with Gasteiger partial charge in [-0.25, -0.2) is 14.8 Å². The lowest BCUT2D eigenvalue weighted by atomic mass is 10.0. The van der Waals surface area contributed by atoms with Crippen molar-refractivity contribution in [3.63, 3.8) is 0 Å². The van der Waals surface area contributed by atoms with Crippen LogP contribution in [0.25, 0.3) is 0 Å². The molecule has 1 aliphatic rings. The third-order valence-electron chi connectivity index (χ3n) is 3.02. The van der Waals surface area contributed by atoms with Crippen molar-refractivity contribution in [1.82, 2.24) is 14.9 Å². The topological polar surface area (TPSA) is 55.3 Å². The quantitative estimate of drug-likeness (QED) is 0.687. The number of fused-ring (bicyclic) bond motifs is 1. The van der Waals surface area contributed by atoms with Crippen molar-refractivity contribution in [1.29, 1.82) is 0 Å². The van der Waals surface area contributed by atoms with Crippen molar-refractivity contribution in [2.24, 2.45) is 0 Å². The molecule has 2 rings (SSSR count). The zero-order chi connectivity index (χ0) is 14.2. The van der Waals surface area contributed by atoms with Gasteiger partial charge in [-0.1, -0.05) is 11.6 Å². The minimum absolute atomic E-state index is 0.154. The number of carbonyl (C=O) groups is 1. The van der Waals surface area contributed by atoms with Gasteiger partial charge in [-0.05, 0) is 34.1 Å². The highest BCUT2D eigenvalue weighted by Gasteiger charge is 2.32. The van der Waals surface area contributed by atoms with Crippen LogP contribution in [0.1, 0.15) is 45.0 Å². The Morgan fingerprint density at radius 1 is 1.47 bits per heavy atom. The summed E-state index contributed by atoms with van der Waals surface area (Å²) >= 11 is 6.06. The molecule has 0 fully saturated rings. The molecule has 0 radical (unpaired) electrons. The molecule has 1 atom stereocenters. The molecule has 19 heavy (non-hydrogen) atoms. The number of halogens is 1. The fourth-order valence-electron chi connectivity index (χ4n) is 2.14. The second kappa shape index (κ2) is 4.96. The van der Waals surface area contributed by atoms with Crippen LogP contribution >= 0.6 is 11.6 Å². The van der Waals surface area contributed by atoms with E-state index in [9.17, 15) is 4.79 Å². The summed E-state index contributed by atoms with van der Waals surface area (Å²) in [4.78, 5) is 22.0. The fourth-order valence-corrected chi connectivity index (χ4v) is 2.37. The molecule has 0 aromatic carbocycles. The normalized spacial score (nSPS) is 19.0. The first-order chi connectivity index (χ1) is 8.79. The summed E-state index contributed by atoms with van der Waals surface area (Å²) in [6, 6.07) is -0.154. The molecule has 1 amide bonds. The van der Waals surface area contributed by atoms with E-state index in [0.29, 0.717) is 18.1 Å². The van der Waals surface area contributed by atoms with Crippen molar-refractivity contribution in [2.75, 3.05) is 6.54 Å². The lowest BCUT2D eigenvalue weighted by Crippen LogP contribution is -2.42. The monoisotopic (exact) mass is 283 g/mol. The molecule has 0 spiro atoms. The van der Waals surface area contributed by atoms with Crippen LogP contribution in [0.5, 0.6) is 0 Å². The first-order valence-corrected chi connectivity index (χ1v) is 6.66. The second-order valence-electron chi connectivity index (χ2n) is 5.63. The number of nitrogens with zero attached hydrogens (tertiary/aromatic N) is 3. The van der Waals surface area contributed by atoms with Crippen molar-refractivity contribution >= 4 is 17.7 Å². The molecule has 0 N–H and O–H groups in total. The highest BCUT2D eigenvalue weighted by Crippen LogP contribution is 2.31. The van der Waals surface area contributed by atoms with Gasteiger partial charge in [-0.15, -0.1) is 0 Å². The molecule has 104 valence electrons. The van der Waals surface area contributed by atoms with E-state index in [4.69, 9.17) is 16.3 Å². The zero-order valence-electron chi connectivity index (χ0n) is 11.6. The van der Waals surface area contributed by atoms with E-state index < -0.39 is 5.60 Å². The summed E-state index contributed by atoms with van der Waals surface area (Å²) in [6.07, 6.45) is 1.76. The van der Waals surface area contributed by atoms with Crippen LogP contribution in [-0.2, 0) is 11.2 Å². The number of carbonyl (C=O) groups excluding carboxylic acids is 1. The van der Waals surface area contributed by atoms with Gasteiger partial charge >= 0.3 is 6.09 Å². The molecule has 6 heteroatoms. The summed E-state index contributed by atoms with van der Waals surface area (Å²) < 4.78 is 5.40. The highest BCUT2D eigenvalue weighted by molar-refractivity contribution is 6.30. The number of rotatable bonds is 0. The van der Waals surface area contributed by atoms with Gasteiger partial charge in [0.1, 0.15) is 17.1 Å². The molecular weight excluding hydrogens is 266 g/mol. The first kappa shape index (κ1) is 14.1. The third kappa shape index (κ3) is 2.97. The van der Waals surface area contributed by atoms with Gasteiger partial charge in [0, 0.05) is 12.1 Å². The van der Waals surface area contributed by atoms with Crippen LogP contribution in [0.3, 0.4) is 0 Å². The average Bonchev–Trinajstić information content (AvgIpc) is 2.28. The number of hydrogen-bond donors (Lipinski definition) is 0. The Morgan fingerprint density at radius 2 is 2.16 bits per heavy atom. The van der Waals surface area contributed by atoms with Crippen LogP contribution in [-0.4, -0.2) is 33.1 Å². The van der Waals surface area contributed by atoms with Crippen LogP contribution < -0.4 is 0 Å². The lowest BCUT2D eigenvalue weighted by Gasteiger charge is -2.35. The second-order valence-corrected chi connectivity index (χ2v) is 5.99. The highest BCUT2D eigenvalue weighted by atomic mass is 35.5. The van der Waals surface area contributed by atoms with Crippen molar-refractivity contribution in [3.05, 3.63) is 22.7 Å². The third-order valence-corrected chi connectivity index (χ3v) is 3.35. The molecular formula is C13H18ClN3O2. The van der Waals surface area contributed by atoms with Gasteiger partial charge in [0.05, 0.1) is 11.7 Å². The molecule has 0 saturated carbocycles. The van der Waals surface area contributed by atoms with Crippen LogP contribution in [0.2, 0.25) is 5.15 Å². The summed E-state index contributed by atoms with van der Waals surface area (Å²) in [5.41, 5.74) is 1.23. The van der Waals surface area contributed by atoms with E-state index in [0.717, 1.165) is 11.3 Å². The van der Waals surface area contributed by atoms with Crippen molar-refractivity contribution in [2.45, 2.75) is 45.8 Å². The summed E-state index contributed by atoms with van der Waals surface area (Å²) in [6.45, 7) is 8.05. The number of aromatic nitrogens is 2. The Balaban J connectivity index is 2.22. The summed E-state index contributed by atoms with van der Waals surface area (Å²) in [5.74, 6) is 0. The Labute approximate surface area is 117 Å². The van der Waals surface area contributed by atoms with Crippen LogP contribution in [0.4, 0.5) is 4.79 Å². The average molecular weight is 284 g/mol. The molecule has 0 bridgehead atoms. The maximum Gasteiger partial charge on any atom is 0.410 e.